The molecule has 0 atom stereocenters. The maximum absolute atomic E-state index is 13.2. The van der Waals surface area contributed by atoms with Crippen LogP contribution in [-0.2, 0) is 0 Å². The molecule has 4 aromatic rings. The number of benzene rings is 2. The molecule has 0 unspecified atom stereocenters. The van der Waals surface area contributed by atoms with E-state index in [1.165, 1.54) is 46.4 Å². The van der Waals surface area contributed by atoms with Crippen LogP contribution in [0.3, 0.4) is 0 Å². The van der Waals surface area contributed by atoms with E-state index in [0.29, 0.717) is 16.5 Å². The molecular formula is C20H13ClFN5O3S. The number of nitro groups is 1. The number of hydrogen-bond donors (Lipinski definition) is 1. The molecule has 4 rings (SSSR count). The number of hydrogen-bond acceptors (Lipinski definition) is 6. The first-order valence-electron chi connectivity index (χ1n) is 8.85. The van der Waals surface area contributed by atoms with Crippen molar-refractivity contribution in [1.29, 1.82) is 0 Å². The molecule has 0 fully saturated rings. The van der Waals surface area contributed by atoms with E-state index in [1.807, 2.05) is 0 Å². The monoisotopic (exact) mass is 457 g/mol. The Balaban J connectivity index is 1.66. The van der Waals surface area contributed by atoms with E-state index in [-0.39, 0.29) is 27.9 Å². The number of nitrogens with one attached hydrogen (secondary N) is 1. The Kier molecular flexibility index (Phi) is 5.49. The molecule has 0 saturated heterocycles. The first-order chi connectivity index (χ1) is 14.8. The van der Waals surface area contributed by atoms with Crippen LogP contribution in [0.4, 0.5) is 15.9 Å². The highest BCUT2D eigenvalue weighted by Crippen LogP contribution is 2.28. The largest absolute Gasteiger partial charge is 0.306 e. The van der Waals surface area contributed by atoms with Crippen LogP contribution >= 0.6 is 22.9 Å². The summed E-state index contributed by atoms with van der Waals surface area (Å²) in [6.07, 6.45) is 0. The van der Waals surface area contributed by atoms with Gasteiger partial charge in [0.15, 0.2) is 0 Å². The molecule has 0 aliphatic heterocycles. The molecule has 0 aliphatic rings. The van der Waals surface area contributed by atoms with Crippen molar-refractivity contribution in [2.24, 2.45) is 0 Å². The van der Waals surface area contributed by atoms with Crippen molar-refractivity contribution in [3.05, 3.63) is 86.1 Å². The van der Waals surface area contributed by atoms with Crippen LogP contribution in [0.1, 0.15) is 16.1 Å². The van der Waals surface area contributed by atoms with Gasteiger partial charge in [-0.1, -0.05) is 11.6 Å². The maximum atomic E-state index is 13.2. The number of aromatic nitrogens is 3. The maximum Gasteiger partial charge on any atom is 0.282 e. The molecule has 0 saturated carbocycles. The minimum Gasteiger partial charge on any atom is -0.306 e. The minimum absolute atomic E-state index is 0.172. The Bertz CT molecular complexity index is 1300. The first kappa shape index (κ1) is 20.6. The summed E-state index contributed by atoms with van der Waals surface area (Å²) in [5.74, 6) is -0.760. The van der Waals surface area contributed by atoms with Crippen molar-refractivity contribution < 1.29 is 14.1 Å². The summed E-state index contributed by atoms with van der Waals surface area (Å²) < 4.78 is 14.6. The standard InChI is InChI=1S/C20H13ClFN5O3S/c1-11-8-18(24-19(28)15-9-13(21)4-7-17(15)27(29)30)26(25-11)20-23-16(10-31-20)12-2-5-14(22)6-3-12/h2-10H,1H3,(H,24,28). The number of thiazole rings is 1. The number of aryl methyl sites for hydroxylation is 1. The second-order valence-corrected chi connectivity index (χ2v) is 7.75. The fourth-order valence-electron chi connectivity index (χ4n) is 2.88. The first-order valence-corrected chi connectivity index (χ1v) is 10.1. The summed E-state index contributed by atoms with van der Waals surface area (Å²) in [5, 5.41) is 20.7. The molecule has 0 radical (unpaired) electrons. The lowest BCUT2D eigenvalue weighted by atomic mass is 10.1. The van der Waals surface area contributed by atoms with E-state index < -0.39 is 10.8 Å². The van der Waals surface area contributed by atoms with Gasteiger partial charge in [0.1, 0.15) is 17.2 Å². The van der Waals surface area contributed by atoms with Gasteiger partial charge in [-0.15, -0.1) is 11.3 Å². The Labute approximate surface area is 184 Å². The molecule has 0 spiro atoms. The molecule has 156 valence electrons. The molecular weight excluding hydrogens is 445 g/mol. The molecule has 2 aromatic carbocycles. The second-order valence-electron chi connectivity index (χ2n) is 6.48. The van der Waals surface area contributed by atoms with Crippen molar-refractivity contribution in [3.63, 3.8) is 0 Å². The van der Waals surface area contributed by atoms with Gasteiger partial charge in [-0.2, -0.15) is 9.78 Å². The topological polar surface area (TPSA) is 103 Å². The molecule has 0 aliphatic carbocycles. The van der Waals surface area contributed by atoms with Crippen molar-refractivity contribution in [1.82, 2.24) is 14.8 Å². The van der Waals surface area contributed by atoms with Crippen LogP contribution in [0.2, 0.25) is 5.02 Å². The van der Waals surface area contributed by atoms with Gasteiger partial charge in [0, 0.05) is 28.1 Å². The molecule has 31 heavy (non-hydrogen) atoms. The zero-order chi connectivity index (χ0) is 22.1. The van der Waals surface area contributed by atoms with Crippen molar-refractivity contribution in [3.8, 4) is 16.4 Å². The normalized spacial score (nSPS) is 10.8. The highest BCUT2D eigenvalue weighted by atomic mass is 35.5. The number of nitrogens with zero attached hydrogens (tertiary/aromatic N) is 4. The number of amides is 1. The second kappa shape index (κ2) is 8.25. The molecule has 1 N–H and O–H groups in total. The quantitative estimate of drug-likeness (QED) is 0.325. The summed E-state index contributed by atoms with van der Waals surface area (Å²) in [5.41, 5.74) is 1.42. The van der Waals surface area contributed by atoms with Gasteiger partial charge in [-0.25, -0.2) is 9.37 Å². The number of carbonyl (C=O) groups is 1. The average Bonchev–Trinajstić information content (AvgIpc) is 3.35. The molecule has 0 bridgehead atoms. The van der Waals surface area contributed by atoms with Crippen molar-refractivity contribution >= 4 is 40.4 Å². The fraction of sp³-hybridized carbons (Fsp3) is 0.0500. The number of nitro benzene ring substituents is 1. The summed E-state index contributed by atoms with van der Waals surface area (Å²) in [7, 11) is 0. The summed E-state index contributed by atoms with van der Waals surface area (Å²) in [4.78, 5) is 27.9. The van der Waals surface area contributed by atoms with Crippen LogP contribution in [0.15, 0.2) is 53.9 Å². The molecule has 2 heterocycles. The Morgan fingerprint density at radius 1 is 1.23 bits per heavy atom. The fourth-order valence-corrected chi connectivity index (χ4v) is 3.85. The van der Waals surface area contributed by atoms with Crippen LogP contribution < -0.4 is 5.32 Å². The van der Waals surface area contributed by atoms with Crippen molar-refractivity contribution in [2.75, 3.05) is 5.32 Å². The van der Waals surface area contributed by atoms with Gasteiger partial charge in [-0.3, -0.25) is 14.9 Å². The lowest BCUT2D eigenvalue weighted by Gasteiger charge is -2.07. The van der Waals surface area contributed by atoms with Crippen LogP contribution in [0.5, 0.6) is 0 Å². The van der Waals surface area contributed by atoms with Gasteiger partial charge in [-0.05, 0) is 43.3 Å². The average molecular weight is 458 g/mol. The van der Waals surface area contributed by atoms with Crippen molar-refractivity contribution in [2.45, 2.75) is 6.92 Å². The number of halogens is 2. The van der Waals surface area contributed by atoms with Gasteiger partial charge >= 0.3 is 0 Å². The van der Waals surface area contributed by atoms with Gasteiger partial charge < -0.3 is 5.32 Å². The van der Waals surface area contributed by atoms with E-state index in [2.05, 4.69) is 15.4 Å². The number of carbonyl (C=O) groups excluding carboxylic acids is 1. The third-order valence-electron chi connectivity index (χ3n) is 4.29. The zero-order valence-electron chi connectivity index (χ0n) is 15.9. The third-order valence-corrected chi connectivity index (χ3v) is 5.34. The smallest absolute Gasteiger partial charge is 0.282 e. The number of anilines is 1. The lowest BCUT2D eigenvalue weighted by molar-refractivity contribution is -0.385. The summed E-state index contributed by atoms with van der Waals surface area (Å²) in [6.45, 7) is 1.74. The molecule has 2 aromatic heterocycles. The highest BCUT2D eigenvalue weighted by Gasteiger charge is 2.22. The molecule has 11 heteroatoms. The van der Waals surface area contributed by atoms with Crippen LogP contribution in [0.25, 0.3) is 16.4 Å². The Morgan fingerprint density at radius 3 is 2.68 bits per heavy atom. The van der Waals surface area contributed by atoms with Gasteiger partial charge in [0.05, 0.1) is 16.3 Å². The zero-order valence-corrected chi connectivity index (χ0v) is 17.4. The van der Waals surface area contributed by atoms with Crippen LogP contribution in [-0.4, -0.2) is 25.6 Å². The van der Waals surface area contributed by atoms with E-state index >= 15 is 0 Å². The van der Waals surface area contributed by atoms with Gasteiger partial charge in [0.2, 0.25) is 5.13 Å². The minimum atomic E-state index is -0.703. The SMILES string of the molecule is Cc1cc(NC(=O)c2cc(Cl)ccc2[N+](=O)[O-])n(-c2nc(-c3ccc(F)cc3)cs2)n1. The Morgan fingerprint density at radius 2 is 1.97 bits per heavy atom. The summed E-state index contributed by atoms with van der Waals surface area (Å²) >= 11 is 7.20. The van der Waals surface area contributed by atoms with E-state index in [4.69, 9.17) is 11.6 Å². The van der Waals surface area contributed by atoms with Crippen LogP contribution in [0, 0.1) is 22.9 Å². The lowest BCUT2D eigenvalue weighted by Crippen LogP contribution is -2.16. The van der Waals surface area contributed by atoms with E-state index in [1.54, 1.807) is 30.5 Å². The predicted octanol–water partition coefficient (Wildman–Crippen LogP) is 5.26. The highest BCUT2D eigenvalue weighted by molar-refractivity contribution is 7.12. The predicted molar refractivity (Wildman–Crippen MR) is 115 cm³/mol. The van der Waals surface area contributed by atoms with E-state index in [0.717, 1.165) is 5.56 Å². The van der Waals surface area contributed by atoms with Gasteiger partial charge in [0.25, 0.3) is 11.6 Å². The van der Waals surface area contributed by atoms with E-state index in [9.17, 15) is 19.3 Å². The Hall–Kier alpha value is -3.63. The summed E-state index contributed by atoms with van der Waals surface area (Å²) in [6, 6.07) is 11.3. The molecule has 1 amide bonds. The number of rotatable bonds is 5. The molecule has 8 nitrogen and oxygen atoms in total. The third kappa shape index (κ3) is 4.30.